The van der Waals surface area contributed by atoms with Crippen molar-refractivity contribution in [3.05, 3.63) is 52.0 Å². The Morgan fingerprint density at radius 2 is 2.00 bits per heavy atom. The predicted octanol–water partition coefficient (Wildman–Crippen LogP) is 3.17. The lowest BCUT2D eigenvalue weighted by molar-refractivity contribution is -0.000361. The van der Waals surface area contributed by atoms with Crippen LogP contribution in [0.1, 0.15) is 44.7 Å². The van der Waals surface area contributed by atoms with Gasteiger partial charge in [-0.25, -0.2) is 0 Å². The minimum atomic E-state index is 0.00144. The van der Waals surface area contributed by atoms with E-state index in [1.165, 1.54) is 18.3 Å². The number of likely N-dealkylation sites (tertiary alicyclic amines) is 1. The van der Waals surface area contributed by atoms with Crippen molar-refractivity contribution in [2.75, 3.05) is 13.1 Å². The maximum atomic E-state index is 12.5. The van der Waals surface area contributed by atoms with Crippen molar-refractivity contribution in [1.82, 2.24) is 9.88 Å². The molecule has 6 heteroatoms. The maximum absolute atomic E-state index is 12.5. The van der Waals surface area contributed by atoms with Crippen LogP contribution in [0.5, 0.6) is 0 Å². The van der Waals surface area contributed by atoms with Gasteiger partial charge in [0, 0.05) is 25.5 Å². The van der Waals surface area contributed by atoms with Crippen molar-refractivity contribution in [2.45, 2.75) is 32.5 Å². The molecule has 1 fully saturated rings. The van der Waals surface area contributed by atoms with Gasteiger partial charge in [0.05, 0.1) is 22.5 Å². The van der Waals surface area contributed by atoms with Crippen LogP contribution in [-0.4, -0.2) is 40.8 Å². The van der Waals surface area contributed by atoms with Crippen LogP contribution in [0.3, 0.4) is 0 Å². The van der Waals surface area contributed by atoms with Crippen molar-refractivity contribution >= 4 is 23.0 Å². The quantitative estimate of drug-likeness (QED) is 0.782. The van der Waals surface area contributed by atoms with E-state index in [1.807, 2.05) is 23.2 Å². The minimum absolute atomic E-state index is 0.00144. The Labute approximate surface area is 145 Å². The number of ketones is 1. The van der Waals surface area contributed by atoms with Gasteiger partial charge in [0.15, 0.2) is 5.78 Å². The summed E-state index contributed by atoms with van der Waals surface area (Å²) in [4.78, 5) is 31.0. The van der Waals surface area contributed by atoms with Crippen LogP contribution in [-0.2, 0) is 11.3 Å². The highest BCUT2D eigenvalue weighted by Gasteiger charge is 2.25. The maximum Gasteiger partial charge on any atom is 0.263 e. The molecule has 2 aromatic rings. The molecule has 1 saturated heterocycles. The average molecular weight is 344 g/mol. The summed E-state index contributed by atoms with van der Waals surface area (Å²) < 4.78 is 5.92. The Hall–Kier alpha value is -2.05. The molecule has 0 spiro atoms. The number of pyridine rings is 1. The lowest BCUT2D eigenvalue weighted by Gasteiger charge is -2.31. The summed E-state index contributed by atoms with van der Waals surface area (Å²) in [5, 5.41) is 0. The summed E-state index contributed by atoms with van der Waals surface area (Å²) in [6, 6.07) is 7.37. The second kappa shape index (κ2) is 7.68. The molecule has 5 nitrogen and oxygen atoms in total. The highest BCUT2D eigenvalue weighted by Crippen LogP contribution is 2.22. The van der Waals surface area contributed by atoms with E-state index in [0.717, 1.165) is 18.4 Å². The fourth-order valence-electron chi connectivity index (χ4n) is 2.72. The number of hydrogen-bond acceptors (Lipinski definition) is 5. The van der Waals surface area contributed by atoms with Gasteiger partial charge in [-0.05, 0) is 43.5 Å². The van der Waals surface area contributed by atoms with E-state index in [-0.39, 0.29) is 17.8 Å². The normalized spacial score (nSPS) is 15.5. The minimum Gasteiger partial charge on any atom is -0.373 e. The zero-order valence-corrected chi connectivity index (χ0v) is 14.4. The number of carbonyl (C=O) groups is 2. The summed E-state index contributed by atoms with van der Waals surface area (Å²) in [5.41, 5.74) is 1.06. The first kappa shape index (κ1) is 16.8. The van der Waals surface area contributed by atoms with Crippen molar-refractivity contribution < 1.29 is 14.3 Å². The lowest BCUT2D eigenvalue weighted by atomic mass is 10.1. The molecule has 0 bridgehead atoms. The van der Waals surface area contributed by atoms with Gasteiger partial charge in [-0.15, -0.1) is 11.3 Å². The number of hydrogen-bond donors (Lipinski definition) is 0. The summed E-state index contributed by atoms with van der Waals surface area (Å²) in [6.45, 7) is 3.44. The number of nitrogens with zero attached hydrogens (tertiary/aromatic N) is 2. The number of aromatic nitrogens is 1. The standard InChI is InChI=1S/C18H20N2O3S/c1-13(21)16-4-5-17(24-16)18(22)20-9-6-15(7-10-20)23-12-14-3-2-8-19-11-14/h2-5,8,11,15H,6-7,9-10,12H2,1H3. The number of piperidine rings is 1. The number of amides is 1. The first-order valence-electron chi connectivity index (χ1n) is 8.04. The van der Waals surface area contributed by atoms with E-state index in [9.17, 15) is 9.59 Å². The fraction of sp³-hybridized carbons (Fsp3) is 0.389. The van der Waals surface area contributed by atoms with Gasteiger partial charge in [-0.1, -0.05) is 6.07 Å². The van der Waals surface area contributed by atoms with E-state index in [2.05, 4.69) is 4.98 Å². The summed E-state index contributed by atoms with van der Waals surface area (Å²) >= 11 is 1.27. The third-order valence-electron chi connectivity index (χ3n) is 4.10. The van der Waals surface area contributed by atoms with Crippen molar-refractivity contribution in [3.63, 3.8) is 0 Å². The molecule has 0 unspecified atom stereocenters. The molecule has 0 radical (unpaired) electrons. The second-order valence-corrected chi connectivity index (χ2v) is 6.97. The summed E-state index contributed by atoms with van der Waals surface area (Å²) in [7, 11) is 0. The van der Waals surface area contributed by atoms with E-state index < -0.39 is 0 Å². The zero-order chi connectivity index (χ0) is 16.9. The third-order valence-corrected chi connectivity index (χ3v) is 5.28. The van der Waals surface area contributed by atoms with Crippen LogP contribution in [0.25, 0.3) is 0 Å². The molecule has 126 valence electrons. The molecule has 0 atom stereocenters. The van der Waals surface area contributed by atoms with Gasteiger partial charge in [0.25, 0.3) is 5.91 Å². The first-order chi connectivity index (χ1) is 11.6. The SMILES string of the molecule is CC(=O)c1ccc(C(=O)N2CCC(OCc3cccnc3)CC2)s1. The average Bonchev–Trinajstić information content (AvgIpc) is 3.11. The molecule has 0 aliphatic carbocycles. The topological polar surface area (TPSA) is 59.5 Å². The molecule has 0 N–H and O–H groups in total. The number of rotatable bonds is 5. The second-order valence-electron chi connectivity index (χ2n) is 5.88. The highest BCUT2D eigenvalue weighted by atomic mass is 32.1. The largest absolute Gasteiger partial charge is 0.373 e. The van der Waals surface area contributed by atoms with Crippen LogP contribution in [0, 0.1) is 0 Å². The van der Waals surface area contributed by atoms with Crippen LogP contribution in [0.4, 0.5) is 0 Å². The zero-order valence-electron chi connectivity index (χ0n) is 13.6. The Kier molecular flexibility index (Phi) is 5.37. The molecule has 3 heterocycles. The molecule has 1 aliphatic heterocycles. The Morgan fingerprint density at radius 1 is 1.25 bits per heavy atom. The van der Waals surface area contributed by atoms with Crippen LogP contribution < -0.4 is 0 Å². The molecule has 1 aliphatic rings. The van der Waals surface area contributed by atoms with E-state index >= 15 is 0 Å². The monoisotopic (exact) mass is 344 g/mol. The van der Waals surface area contributed by atoms with E-state index in [0.29, 0.717) is 29.5 Å². The van der Waals surface area contributed by atoms with Crippen molar-refractivity contribution in [3.8, 4) is 0 Å². The van der Waals surface area contributed by atoms with Gasteiger partial charge in [-0.3, -0.25) is 14.6 Å². The number of thiophene rings is 1. The lowest BCUT2D eigenvalue weighted by Crippen LogP contribution is -2.40. The highest BCUT2D eigenvalue weighted by molar-refractivity contribution is 7.15. The molecule has 1 amide bonds. The van der Waals surface area contributed by atoms with E-state index in [1.54, 1.807) is 18.3 Å². The molecular weight excluding hydrogens is 324 g/mol. The Morgan fingerprint density at radius 3 is 2.62 bits per heavy atom. The Bertz CT molecular complexity index is 706. The third kappa shape index (κ3) is 4.07. The van der Waals surface area contributed by atoms with Crippen LogP contribution in [0.15, 0.2) is 36.7 Å². The van der Waals surface area contributed by atoms with Crippen LogP contribution in [0.2, 0.25) is 0 Å². The summed E-state index contributed by atoms with van der Waals surface area (Å²) in [5.74, 6) is 0.0137. The van der Waals surface area contributed by atoms with Crippen LogP contribution >= 0.6 is 11.3 Å². The van der Waals surface area contributed by atoms with E-state index in [4.69, 9.17) is 4.74 Å². The van der Waals surface area contributed by atoms with Gasteiger partial charge in [0.1, 0.15) is 0 Å². The summed E-state index contributed by atoms with van der Waals surface area (Å²) in [6.07, 6.45) is 5.39. The molecule has 0 aromatic carbocycles. The molecule has 3 rings (SSSR count). The van der Waals surface area contributed by atoms with Crippen molar-refractivity contribution in [2.24, 2.45) is 0 Å². The molecule has 2 aromatic heterocycles. The Balaban J connectivity index is 1.49. The predicted molar refractivity (Wildman–Crippen MR) is 92.3 cm³/mol. The fourth-order valence-corrected chi connectivity index (χ4v) is 3.59. The molecule has 0 saturated carbocycles. The van der Waals surface area contributed by atoms with Crippen molar-refractivity contribution in [1.29, 1.82) is 0 Å². The van der Waals surface area contributed by atoms with Gasteiger partial charge >= 0.3 is 0 Å². The molecule has 24 heavy (non-hydrogen) atoms. The smallest absolute Gasteiger partial charge is 0.263 e. The number of carbonyl (C=O) groups excluding carboxylic acids is 2. The number of Topliss-reactive ketones (excluding diaryl/α,β-unsaturated/α-hetero) is 1. The van der Waals surface area contributed by atoms with Gasteiger partial charge in [-0.2, -0.15) is 0 Å². The molecular formula is C18H20N2O3S. The number of ether oxygens (including phenoxy) is 1. The first-order valence-corrected chi connectivity index (χ1v) is 8.85. The van der Waals surface area contributed by atoms with Gasteiger partial charge < -0.3 is 9.64 Å². The van der Waals surface area contributed by atoms with Gasteiger partial charge in [0.2, 0.25) is 0 Å².